The molecular weight excluding hydrogens is 370 g/mol. The van der Waals surface area contributed by atoms with Crippen molar-refractivity contribution < 1.29 is 19.0 Å². The average molecular weight is 397 g/mol. The fourth-order valence-corrected chi connectivity index (χ4v) is 3.65. The van der Waals surface area contributed by atoms with Crippen molar-refractivity contribution in [2.24, 2.45) is 0 Å². The van der Waals surface area contributed by atoms with Crippen LogP contribution in [0.5, 0.6) is 11.8 Å². The molecule has 4 heterocycles. The molecule has 0 aromatic carbocycles. The summed E-state index contributed by atoms with van der Waals surface area (Å²) in [5, 5.41) is 0. The highest BCUT2D eigenvalue weighted by molar-refractivity contribution is 5.94. The number of nitrogens with zero attached hydrogens (tertiary/aromatic N) is 3. The van der Waals surface area contributed by atoms with Gasteiger partial charge in [0.1, 0.15) is 12.2 Å². The predicted molar refractivity (Wildman–Crippen MR) is 107 cm³/mol. The number of carbonyl (C=O) groups is 1. The number of hydrogen-bond acceptors (Lipinski definition) is 6. The van der Waals surface area contributed by atoms with Gasteiger partial charge in [-0.15, -0.1) is 0 Å². The van der Waals surface area contributed by atoms with E-state index in [4.69, 9.17) is 14.2 Å². The lowest BCUT2D eigenvalue weighted by Crippen LogP contribution is -2.41. The van der Waals surface area contributed by atoms with Crippen LogP contribution in [-0.2, 0) is 4.74 Å². The fraction of sp³-hybridized carbons (Fsp3) is 0.500. The van der Waals surface area contributed by atoms with E-state index < -0.39 is 0 Å². The maximum Gasteiger partial charge on any atom is 0.255 e. The first-order chi connectivity index (χ1) is 14.2. The van der Waals surface area contributed by atoms with Gasteiger partial charge in [0.2, 0.25) is 11.8 Å². The maximum absolute atomic E-state index is 12.8. The van der Waals surface area contributed by atoms with Crippen LogP contribution in [-0.4, -0.2) is 59.3 Å². The Morgan fingerprint density at radius 2 is 1.72 bits per heavy atom. The summed E-state index contributed by atoms with van der Waals surface area (Å²) in [7, 11) is 0. The summed E-state index contributed by atoms with van der Waals surface area (Å²) in [6.07, 6.45) is 5.16. The molecule has 0 spiro atoms. The maximum atomic E-state index is 12.8. The van der Waals surface area contributed by atoms with E-state index >= 15 is 0 Å². The summed E-state index contributed by atoms with van der Waals surface area (Å²) in [6, 6.07) is 9.34. The molecule has 4 rings (SSSR count). The van der Waals surface area contributed by atoms with Crippen LogP contribution in [0, 0.1) is 6.92 Å². The molecule has 0 aliphatic carbocycles. The number of aryl methyl sites for hydroxylation is 1. The zero-order chi connectivity index (χ0) is 20.1. The highest BCUT2D eigenvalue weighted by Gasteiger charge is 2.25. The Morgan fingerprint density at radius 1 is 1.00 bits per heavy atom. The predicted octanol–water partition coefficient (Wildman–Crippen LogP) is 3.03. The van der Waals surface area contributed by atoms with Gasteiger partial charge >= 0.3 is 0 Å². The largest absolute Gasteiger partial charge is 0.474 e. The normalized spacial score (nSPS) is 18.4. The van der Waals surface area contributed by atoms with Crippen molar-refractivity contribution in [2.75, 3.05) is 26.3 Å². The lowest BCUT2D eigenvalue weighted by atomic mass is 10.1. The molecule has 2 aromatic rings. The number of hydrogen-bond donors (Lipinski definition) is 0. The summed E-state index contributed by atoms with van der Waals surface area (Å²) in [5.41, 5.74) is 1.52. The SMILES string of the molecule is Cc1cccc(OC2CCN(C(=O)c3ccc(OC4CCOCC4)nc3)CC2)n1. The Labute approximate surface area is 171 Å². The monoisotopic (exact) mass is 397 g/mol. The van der Waals surface area contributed by atoms with Gasteiger partial charge in [0, 0.05) is 62.8 Å². The topological polar surface area (TPSA) is 73.8 Å². The van der Waals surface area contributed by atoms with E-state index in [9.17, 15) is 4.79 Å². The minimum Gasteiger partial charge on any atom is -0.474 e. The number of likely N-dealkylation sites (tertiary alicyclic amines) is 1. The molecule has 0 saturated carbocycles. The second-order valence-electron chi connectivity index (χ2n) is 7.54. The van der Waals surface area contributed by atoms with Crippen LogP contribution < -0.4 is 9.47 Å². The standard InChI is InChI=1S/C22H27N3O4/c1-16-3-2-4-21(24-16)29-18-7-11-25(12-8-18)22(26)17-5-6-20(23-15-17)28-19-9-13-27-14-10-19/h2-6,15,18-19H,7-14H2,1H3. The summed E-state index contributed by atoms with van der Waals surface area (Å²) in [4.78, 5) is 23.4. The van der Waals surface area contributed by atoms with Gasteiger partial charge in [-0.25, -0.2) is 9.97 Å². The molecule has 7 nitrogen and oxygen atoms in total. The van der Waals surface area contributed by atoms with E-state index in [1.54, 1.807) is 18.3 Å². The summed E-state index contributed by atoms with van der Waals surface area (Å²) < 4.78 is 17.2. The van der Waals surface area contributed by atoms with Crippen molar-refractivity contribution in [1.82, 2.24) is 14.9 Å². The molecule has 0 unspecified atom stereocenters. The zero-order valence-electron chi connectivity index (χ0n) is 16.8. The molecule has 2 aliphatic rings. The van der Waals surface area contributed by atoms with E-state index in [1.165, 1.54) is 0 Å². The minimum atomic E-state index is 0.00208. The molecule has 0 N–H and O–H groups in total. The third-order valence-corrected chi connectivity index (χ3v) is 5.32. The van der Waals surface area contributed by atoms with Crippen molar-refractivity contribution in [3.05, 3.63) is 47.8 Å². The highest BCUT2D eigenvalue weighted by Crippen LogP contribution is 2.20. The minimum absolute atomic E-state index is 0.00208. The van der Waals surface area contributed by atoms with Gasteiger partial charge in [0.15, 0.2) is 0 Å². The molecule has 2 aliphatic heterocycles. The van der Waals surface area contributed by atoms with E-state index in [2.05, 4.69) is 9.97 Å². The number of carbonyl (C=O) groups excluding carboxylic acids is 1. The van der Waals surface area contributed by atoms with Crippen molar-refractivity contribution in [3.63, 3.8) is 0 Å². The summed E-state index contributed by atoms with van der Waals surface area (Å²) in [5.74, 6) is 1.22. The Kier molecular flexibility index (Phi) is 6.24. The van der Waals surface area contributed by atoms with E-state index in [-0.39, 0.29) is 18.1 Å². The van der Waals surface area contributed by atoms with Gasteiger partial charge in [0.05, 0.1) is 18.8 Å². The van der Waals surface area contributed by atoms with Crippen molar-refractivity contribution in [2.45, 2.75) is 44.8 Å². The van der Waals surface area contributed by atoms with Gasteiger partial charge in [-0.2, -0.15) is 0 Å². The number of pyridine rings is 2. The van der Waals surface area contributed by atoms with Crippen LogP contribution in [0.1, 0.15) is 41.7 Å². The van der Waals surface area contributed by atoms with Crippen molar-refractivity contribution in [3.8, 4) is 11.8 Å². The van der Waals surface area contributed by atoms with Crippen LogP contribution in [0.2, 0.25) is 0 Å². The summed E-state index contributed by atoms with van der Waals surface area (Å²) in [6.45, 7) is 4.72. The number of rotatable bonds is 5. The van der Waals surface area contributed by atoms with Gasteiger partial charge in [-0.1, -0.05) is 6.07 Å². The van der Waals surface area contributed by atoms with E-state index in [1.807, 2.05) is 30.0 Å². The van der Waals surface area contributed by atoms with Crippen molar-refractivity contribution >= 4 is 5.91 Å². The second kappa shape index (κ2) is 9.22. The number of aromatic nitrogens is 2. The van der Waals surface area contributed by atoms with E-state index in [0.717, 1.165) is 44.6 Å². The molecule has 1 amide bonds. The molecule has 0 bridgehead atoms. The molecule has 29 heavy (non-hydrogen) atoms. The van der Waals surface area contributed by atoms with Crippen LogP contribution in [0.3, 0.4) is 0 Å². The number of piperidine rings is 1. The number of ether oxygens (including phenoxy) is 3. The molecular formula is C22H27N3O4. The van der Waals surface area contributed by atoms with E-state index in [0.29, 0.717) is 30.4 Å². The smallest absolute Gasteiger partial charge is 0.255 e. The van der Waals surface area contributed by atoms with Crippen LogP contribution in [0.4, 0.5) is 0 Å². The molecule has 2 saturated heterocycles. The fourth-order valence-electron chi connectivity index (χ4n) is 3.65. The Bertz CT molecular complexity index is 813. The first-order valence-electron chi connectivity index (χ1n) is 10.3. The zero-order valence-corrected chi connectivity index (χ0v) is 16.8. The molecule has 2 fully saturated rings. The molecule has 0 radical (unpaired) electrons. The van der Waals surface area contributed by atoms with Crippen LogP contribution in [0.25, 0.3) is 0 Å². The molecule has 2 aromatic heterocycles. The Hall–Kier alpha value is -2.67. The Morgan fingerprint density at radius 3 is 2.41 bits per heavy atom. The third-order valence-electron chi connectivity index (χ3n) is 5.32. The molecule has 7 heteroatoms. The first-order valence-corrected chi connectivity index (χ1v) is 10.3. The van der Waals surface area contributed by atoms with Gasteiger partial charge < -0.3 is 19.1 Å². The highest BCUT2D eigenvalue weighted by atomic mass is 16.5. The lowest BCUT2D eigenvalue weighted by Gasteiger charge is -2.32. The Balaban J connectivity index is 1.27. The van der Waals surface area contributed by atoms with Crippen LogP contribution in [0.15, 0.2) is 36.5 Å². The second-order valence-corrected chi connectivity index (χ2v) is 7.54. The van der Waals surface area contributed by atoms with Crippen molar-refractivity contribution in [1.29, 1.82) is 0 Å². The quantitative estimate of drug-likeness (QED) is 0.772. The molecule has 0 atom stereocenters. The van der Waals surface area contributed by atoms with Gasteiger partial charge in [-0.05, 0) is 19.1 Å². The molecule has 154 valence electrons. The van der Waals surface area contributed by atoms with Crippen LogP contribution >= 0.6 is 0 Å². The summed E-state index contributed by atoms with van der Waals surface area (Å²) >= 11 is 0. The average Bonchev–Trinajstić information content (AvgIpc) is 2.75. The van der Waals surface area contributed by atoms with Gasteiger partial charge in [-0.3, -0.25) is 4.79 Å². The first kappa shape index (κ1) is 19.6. The third kappa shape index (κ3) is 5.23. The lowest BCUT2D eigenvalue weighted by molar-refractivity contribution is 0.0237. The van der Waals surface area contributed by atoms with Gasteiger partial charge in [0.25, 0.3) is 5.91 Å². The number of amides is 1.